The second kappa shape index (κ2) is 6.08. The Morgan fingerprint density at radius 3 is 2.68 bits per heavy atom. The van der Waals surface area contributed by atoms with Crippen LogP contribution in [-0.4, -0.2) is 38.4 Å². The van der Waals surface area contributed by atoms with Crippen molar-refractivity contribution in [1.82, 2.24) is 5.32 Å². The molecule has 1 amide bonds. The third-order valence-electron chi connectivity index (χ3n) is 2.80. The molecular weight excluding hydrogens is 256 g/mol. The largest absolute Gasteiger partial charge is 0.376 e. The Bertz CT molecular complexity index is 419. The summed E-state index contributed by atoms with van der Waals surface area (Å²) in [4.78, 5) is 11.6. The molecule has 104 valence electrons. The number of benzene rings is 1. The Balaban J connectivity index is 1.91. The number of halogens is 2. The maximum absolute atomic E-state index is 13.8. The van der Waals surface area contributed by atoms with E-state index in [2.05, 4.69) is 5.32 Å². The van der Waals surface area contributed by atoms with Crippen molar-refractivity contribution in [3.05, 3.63) is 35.9 Å². The highest BCUT2D eigenvalue weighted by atomic mass is 19.3. The number of rotatable bonds is 4. The van der Waals surface area contributed by atoms with Crippen molar-refractivity contribution in [2.45, 2.75) is 12.0 Å². The fourth-order valence-electron chi connectivity index (χ4n) is 1.75. The minimum Gasteiger partial charge on any atom is -0.376 e. The van der Waals surface area contributed by atoms with Gasteiger partial charge in [0.05, 0.1) is 25.9 Å². The van der Waals surface area contributed by atoms with Crippen LogP contribution in [0.5, 0.6) is 0 Å². The van der Waals surface area contributed by atoms with Gasteiger partial charge < -0.3 is 14.8 Å². The number of alkyl halides is 2. The molecule has 1 aromatic rings. The van der Waals surface area contributed by atoms with Crippen LogP contribution in [0.25, 0.3) is 0 Å². The van der Waals surface area contributed by atoms with E-state index in [9.17, 15) is 13.6 Å². The van der Waals surface area contributed by atoms with Gasteiger partial charge in [-0.3, -0.25) is 4.79 Å². The lowest BCUT2D eigenvalue weighted by atomic mass is 10.1. The van der Waals surface area contributed by atoms with Gasteiger partial charge in [-0.15, -0.1) is 0 Å². The number of hydrogen-bond acceptors (Lipinski definition) is 3. The summed E-state index contributed by atoms with van der Waals surface area (Å²) in [5, 5.41) is 2.20. The van der Waals surface area contributed by atoms with Gasteiger partial charge in [0.25, 0.3) is 5.91 Å². The Labute approximate surface area is 109 Å². The first-order valence-corrected chi connectivity index (χ1v) is 6.01. The van der Waals surface area contributed by atoms with Crippen LogP contribution in [0.2, 0.25) is 0 Å². The predicted octanol–water partition coefficient (Wildman–Crippen LogP) is 1.31. The SMILES string of the molecule is O=C(NCC1COCCO1)C(F)(F)c1ccccc1. The summed E-state index contributed by atoms with van der Waals surface area (Å²) in [5.74, 6) is -4.87. The van der Waals surface area contributed by atoms with Crippen LogP contribution in [0.1, 0.15) is 5.56 Å². The van der Waals surface area contributed by atoms with E-state index in [1.807, 2.05) is 0 Å². The maximum atomic E-state index is 13.8. The number of nitrogens with one attached hydrogen (secondary N) is 1. The fourth-order valence-corrected chi connectivity index (χ4v) is 1.75. The topological polar surface area (TPSA) is 47.6 Å². The van der Waals surface area contributed by atoms with E-state index < -0.39 is 11.8 Å². The van der Waals surface area contributed by atoms with Crippen LogP contribution >= 0.6 is 0 Å². The molecule has 1 unspecified atom stereocenters. The molecule has 1 saturated heterocycles. The lowest BCUT2D eigenvalue weighted by molar-refractivity contribution is -0.149. The van der Waals surface area contributed by atoms with Crippen LogP contribution in [-0.2, 0) is 20.2 Å². The zero-order valence-corrected chi connectivity index (χ0v) is 10.3. The highest BCUT2D eigenvalue weighted by molar-refractivity contribution is 5.84. The highest BCUT2D eigenvalue weighted by Crippen LogP contribution is 2.27. The first-order valence-electron chi connectivity index (χ1n) is 6.01. The van der Waals surface area contributed by atoms with Gasteiger partial charge in [0.15, 0.2) is 0 Å². The number of carbonyl (C=O) groups excluding carboxylic acids is 1. The molecule has 4 nitrogen and oxygen atoms in total. The van der Waals surface area contributed by atoms with Gasteiger partial charge in [-0.25, -0.2) is 0 Å². The number of amides is 1. The average molecular weight is 271 g/mol. The van der Waals surface area contributed by atoms with Crippen molar-refractivity contribution in [3.8, 4) is 0 Å². The molecule has 6 heteroatoms. The van der Waals surface area contributed by atoms with E-state index in [0.717, 1.165) is 0 Å². The van der Waals surface area contributed by atoms with Crippen molar-refractivity contribution >= 4 is 5.91 Å². The normalized spacial score (nSPS) is 20.0. The van der Waals surface area contributed by atoms with Gasteiger partial charge in [-0.05, 0) is 0 Å². The number of carbonyl (C=O) groups is 1. The minimum absolute atomic E-state index is 0.0151. The molecule has 2 rings (SSSR count). The molecule has 0 saturated carbocycles. The van der Waals surface area contributed by atoms with Crippen LogP contribution in [0, 0.1) is 0 Å². The van der Waals surface area contributed by atoms with Crippen molar-refractivity contribution in [2.75, 3.05) is 26.4 Å². The Hall–Kier alpha value is -1.53. The van der Waals surface area contributed by atoms with E-state index in [-0.39, 0.29) is 18.2 Å². The lowest BCUT2D eigenvalue weighted by Crippen LogP contribution is -2.44. The monoisotopic (exact) mass is 271 g/mol. The zero-order chi connectivity index (χ0) is 13.7. The summed E-state index contributed by atoms with van der Waals surface area (Å²) < 4.78 is 38.0. The molecule has 1 N–H and O–H groups in total. The van der Waals surface area contributed by atoms with Crippen LogP contribution in [0.4, 0.5) is 8.78 Å². The second-order valence-corrected chi connectivity index (χ2v) is 4.22. The molecule has 0 aromatic heterocycles. The molecule has 19 heavy (non-hydrogen) atoms. The first kappa shape index (κ1) is 13.9. The number of ether oxygens (including phenoxy) is 2. The molecule has 0 radical (unpaired) electrons. The fraction of sp³-hybridized carbons (Fsp3) is 0.462. The third kappa shape index (κ3) is 3.48. The smallest absolute Gasteiger partial charge is 0.349 e. The summed E-state index contributed by atoms with van der Waals surface area (Å²) >= 11 is 0. The van der Waals surface area contributed by atoms with E-state index in [0.29, 0.717) is 19.8 Å². The van der Waals surface area contributed by atoms with E-state index in [1.165, 1.54) is 24.3 Å². The predicted molar refractivity (Wildman–Crippen MR) is 63.9 cm³/mol. The Morgan fingerprint density at radius 2 is 2.05 bits per heavy atom. The molecule has 1 aromatic carbocycles. The summed E-state index contributed by atoms with van der Waals surface area (Å²) in [6.07, 6.45) is -0.371. The second-order valence-electron chi connectivity index (χ2n) is 4.22. The van der Waals surface area contributed by atoms with Gasteiger partial charge in [0.1, 0.15) is 0 Å². The third-order valence-corrected chi connectivity index (χ3v) is 2.80. The lowest BCUT2D eigenvalue weighted by Gasteiger charge is -2.24. The quantitative estimate of drug-likeness (QED) is 0.898. The minimum atomic E-state index is -3.54. The Morgan fingerprint density at radius 1 is 1.32 bits per heavy atom. The summed E-state index contributed by atoms with van der Waals surface area (Å²) in [6, 6.07) is 6.99. The van der Waals surface area contributed by atoms with Crippen LogP contribution < -0.4 is 5.32 Å². The van der Waals surface area contributed by atoms with Gasteiger partial charge in [-0.2, -0.15) is 8.78 Å². The first-order chi connectivity index (χ1) is 9.10. The van der Waals surface area contributed by atoms with E-state index in [4.69, 9.17) is 9.47 Å². The van der Waals surface area contributed by atoms with E-state index in [1.54, 1.807) is 6.07 Å². The van der Waals surface area contributed by atoms with Crippen LogP contribution in [0.15, 0.2) is 30.3 Å². The average Bonchev–Trinajstić information content (AvgIpc) is 2.46. The van der Waals surface area contributed by atoms with Gasteiger partial charge in [0, 0.05) is 12.1 Å². The van der Waals surface area contributed by atoms with Crippen molar-refractivity contribution in [3.63, 3.8) is 0 Å². The molecule has 0 bridgehead atoms. The molecule has 0 aliphatic carbocycles. The Kier molecular flexibility index (Phi) is 4.44. The summed E-state index contributed by atoms with van der Waals surface area (Å²) in [6.45, 7) is 1.22. The molecule has 1 aliphatic heterocycles. The van der Waals surface area contributed by atoms with Crippen molar-refractivity contribution in [2.24, 2.45) is 0 Å². The van der Waals surface area contributed by atoms with Gasteiger partial charge in [-0.1, -0.05) is 30.3 Å². The highest BCUT2D eigenvalue weighted by Gasteiger charge is 2.40. The molecule has 1 aliphatic rings. The molecule has 1 fully saturated rings. The van der Waals surface area contributed by atoms with Gasteiger partial charge in [0.2, 0.25) is 0 Å². The van der Waals surface area contributed by atoms with Crippen molar-refractivity contribution in [1.29, 1.82) is 0 Å². The maximum Gasteiger partial charge on any atom is 0.349 e. The molecule has 0 spiro atoms. The standard InChI is InChI=1S/C13H15F2NO3/c14-13(15,10-4-2-1-3-5-10)12(17)16-8-11-9-18-6-7-19-11/h1-5,11H,6-9H2,(H,16,17). The summed E-state index contributed by atoms with van der Waals surface area (Å²) in [5.41, 5.74) is -0.326. The molecular formula is C13H15F2NO3. The molecule has 1 atom stereocenters. The zero-order valence-electron chi connectivity index (χ0n) is 10.3. The summed E-state index contributed by atoms with van der Waals surface area (Å²) in [7, 11) is 0. The van der Waals surface area contributed by atoms with Crippen molar-refractivity contribution < 1.29 is 23.0 Å². The molecule has 1 heterocycles. The van der Waals surface area contributed by atoms with Gasteiger partial charge >= 0.3 is 5.92 Å². The van der Waals surface area contributed by atoms with E-state index >= 15 is 0 Å². The van der Waals surface area contributed by atoms with Crippen LogP contribution in [0.3, 0.4) is 0 Å². The number of hydrogen-bond donors (Lipinski definition) is 1.